The van der Waals surface area contributed by atoms with Gasteiger partial charge in [0.15, 0.2) is 11.5 Å². The number of aromatic hydroxyl groups is 1. The molecule has 27 heavy (non-hydrogen) atoms. The molecule has 8 nitrogen and oxygen atoms in total. The minimum absolute atomic E-state index is 0.00544. The van der Waals surface area contributed by atoms with Crippen LogP contribution in [0.5, 0.6) is 17.2 Å². The number of phenolic OH excluding ortho intramolecular Hbond substituents is 1. The van der Waals surface area contributed by atoms with Gasteiger partial charge in [-0.25, -0.2) is 5.43 Å². The first-order chi connectivity index (χ1) is 12.9. The molecule has 140 valence electrons. The number of carbonyl (C=O) groups is 2. The van der Waals surface area contributed by atoms with Crippen molar-refractivity contribution in [3.63, 3.8) is 0 Å². The van der Waals surface area contributed by atoms with Crippen molar-refractivity contribution in [3.05, 3.63) is 47.5 Å². The number of anilines is 1. The van der Waals surface area contributed by atoms with Gasteiger partial charge in [0.25, 0.3) is 5.91 Å². The number of nitrogens with zero attached hydrogens (tertiary/aromatic N) is 1. The van der Waals surface area contributed by atoms with Crippen LogP contribution in [0, 0.1) is 6.92 Å². The molecule has 0 fully saturated rings. The summed E-state index contributed by atoms with van der Waals surface area (Å²) in [6.45, 7) is 3.48. The first kappa shape index (κ1) is 18.2. The van der Waals surface area contributed by atoms with Crippen LogP contribution in [0.2, 0.25) is 0 Å². The maximum absolute atomic E-state index is 12.1. The van der Waals surface area contributed by atoms with Gasteiger partial charge in [0.05, 0.1) is 12.0 Å². The lowest BCUT2D eigenvalue weighted by Crippen LogP contribution is -2.21. The third-order valence-corrected chi connectivity index (χ3v) is 3.90. The van der Waals surface area contributed by atoms with E-state index in [1.54, 1.807) is 44.2 Å². The number of rotatable bonds is 5. The van der Waals surface area contributed by atoms with Crippen molar-refractivity contribution in [3.8, 4) is 17.2 Å². The molecule has 0 bridgehead atoms. The number of ether oxygens (including phenoxy) is 2. The molecule has 1 heterocycles. The smallest absolute Gasteiger partial charge is 0.275 e. The Kier molecular flexibility index (Phi) is 5.25. The fraction of sp³-hybridized carbons (Fsp3) is 0.211. The molecule has 1 aliphatic heterocycles. The van der Waals surface area contributed by atoms with Crippen molar-refractivity contribution >= 4 is 23.2 Å². The molecule has 0 atom stereocenters. The Morgan fingerprint density at radius 2 is 1.96 bits per heavy atom. The molecule has 0 aliphatic carbocycles. The molecule has 3 N–H and O–H groups in total. The van der Waals surface area contributed by atoms with Gasteiger partial charge in [-0.2, -0.15) is 5.10 Å². The third kappa shape index (κ3) is 4.35. The SMILES string of the molecule is C/C(CC(=O)Nc1ccc2c(c1)OCO2)=N/NC(=O)c1cccc(C)c1O. The number of benzene rings is 2. The Morgan fingerprint density at radius 3 is 2.78 bits per heavy atom. The van der Waals surface area contributed by atoms with Gasteiger partial charge < -0.3 is 19.9 Å². The maximum atomic E-state index is 12.1. The molecule has 3 rings (SSSR count). The van der Waals surface area contributed by atoms with Gasteiger partial charge in [0.1, 0.15) is 5.75 Å². The number of aryl methyl sites for hydroxylation is 1. The van der Waals surface area contributed by atoms with E-state index in [0.29, 0.717) is 28.5 Å². The Hall–Kier alpha value is -3.55. The highest BCUT2D eigenvalue weighted by atomic mass is 16.7. The molecular weight excluding hydrogens is 350 g/mol. The van der Waals surface area contributed by atoms with Crippen LogP contribution < -0.4 is 20.2 Å². The third-order valence-electron chi connectivity index (χ3n) is 3.90. The standard InChI is InChI=1S/C19H19N3O5/c1-11-4-3-5-14(18(11)24)19(25)22-21-12(2)8-17(23)20-13-6-7-15-16(9-13)27-10-26-15/h3-7,9,24H,8,10H2,1-2H3,(H,20,23)(H,22,25)/b21-12-. The minimum atomic E-state index is -0.549. The van der Waals surface area contributed by atoms with E-state index in [4.69, 9.17) is 9.47 Å². The normalized spacial score (nSPS) is 12.6. The van der Waals surface area contributed by atoms with E-state index in [9.17, 15) is 14.7 Å². The lowest BCUT2D eigenvalue weighted by molar-refractivity contribution is -0.115. The van der Waals surface area contributed by atoms with Crippen molar-refractivity contribution in [1.82, 2.24) is 5.43 Å². The van der Waals surface area contributed by atoms with Crippen LogP contribution in [0.3, 0.4) is 0 Å². The Morgan fingerprint density at radius 1 is 1.19 bits per heavy atom. The average Bonchev–Trinajstić information content (AvgIpc) is 3.09. The molecule has 0 radical (unpaired) electrons. The van der Waals surface area contributed by atoms with Gasteiger partial charge in [0, 0.05) is 17.5 Å². The quantitative estimate of drug-likeness (QED) is 0.554. The fourth-order valence-corrected chi connectivity index (χ4v) is 2.50. The van der Waals surface area contributed by atoms with E-state index in [-0.39, 0.29) is 30.4 Å². The number of hydrogen-bond donors (Lipinski definition) is 3. The second kappa shape index (κ2) is 7.77. The van der Waals surface area contributed by atoms with E-state index in [1.165, 1.54) is 6.07 Å². The number of carbonyl (C=O) groups excluding carboxylic acids is 2. The van der Waals surface area contributed by atoms with Crippen molar-refractivity contribution in [2.45, 2.75) is 20.3 Å². The first-order valence-electron chi connectivity index (χ1n) is 8.25. The van der Waals surface area contributed by atoms with Gasteiger partial charge in [-0.1, -0.05) is 12.1 Å². The minimum Gasteiger partial charge on any atom is -0.507 e. The Bertz CT molecular complexity index is 924. The van der Waals surface area contributed by atoms with Crippen LogP contribution in [0.1, 0.15) is 29.3 Å². The average molecular weight is 369 g/mol. The second-order valence-corrected chi connectivity index (χ2v) is 6.05. The van der Waals surface area contributed by atoms with Gasteiger partial charge in [0.2, 0.25) is 12.7 Å². The maximum Gasteiger partial charge on any atom is 0.275 e. The number of phenols is 1. The van der Waals surface area contributed by atoms with Crippen molar-refractivity contribution in [1.29, 1.82) is 0 Å². The topological polar surface area (TPSA) is 109 Å². The number of hydrogen-bond acceptors (Lipinski definition) is 6. The summed E-state index contributed by atoms with van der Waals surface area (Å²) in [4.78, 5) is 24.2. The zero-order valence-corrected chi connectivity index (χ0v) is 14.9. The molecule has 2 aromatic carbocycles. The van der Waals surface area contributed by atoms with E-state index in [0.717, 1.165) is 0 Å². The molecule has 0 spiro atoms. The number of para-hydroxylation sites is 1. The van der Waals surface area contributed by atoms with Crippen LogP contribution in [-0.4, -0.2) is 29.4 Å². The van der Waals surface area contributed by atoms with Crippen molar-refractivity contribution < 1.29 is 24.2 Å². The fourth-order valence-electron chi connectivity index (χ4n) is 2.50. The molecular formula is C19H19N3O5. The lowest BCUT2D eigenvalue weighted by Gasteiger charge is -2.07. The zero-order valence-electron chi connectivity index (χ0n) is 14.9. The molecule has 2 amide bonds. The Labute approximate surface area is 155 Å². The zero-order chi connectivity index (χ0) is 19.4. The van der Waals surface area contributed by atoms with Gasteiger partial charge in [-0.15, -0.1) is 0 Å². The predicted molar refractivity (Wildman–Crippen MR) is 99.2 cm³/mol. The van der Waals surface area contributed by atoms with Crippen LogP contribution in [-0.2, 0) is 4.79 Å². The first-order valence-corrected chi connectivity index (χ1v) is 8.25. The van der Waals surface area contributed by atoms with E-state index < -0.39 is 5.91 Å². The molecule has 0 saturated heterocycles. The summed E-state index contributed by atoms with van der Waals surface area (Å²) in [5.74, 6) is 0.272. The largest absolute Gasteiger partial charge is 0.507 e. The lowest BCUT2D eigenvalue weighted by atomic mass is 10.1. The van der Waals surface area contributed by atoms with Crippen LogP contribution in [0.4, 0.5) is 5.69 Å². The molecule has 8 heteroatoms. The number of hydrazone groups is 1. The summed E-state index contributed by atoms with van der Waals surface area (Å²) >= 11 is 0. The highest BCUT2D eigenvalue weighted by Gasteiger charge is 2.15. The van der Waals surface area contributed by atoms with E-state index in [1.807, 2.05) is 0 Å². The molecule has 0 aromatic heterocycles. The number of amides is 2. The van der Waals surface area contributed by atoms with Crippen LogP contribution >= 0.6 is 0 Å². The van der Waals surface area contributed by atoms with Gasteiger partial charge in [-0.05, 0) is 37.6 Å². The number of fused-ring (bicyclic) bond motifs is 1. The highest BCUT2D eigenvalue weighted by Crippen LogP contribution is 2.34. The summed E-state index contributed by atoms with van der Waals surface area (Å²) in [5, 5.41) is 16.6. The Balaban J connectivity index is 1.56. The summed E-state index contributed by atoms with van der Waals surface area (Å²) < 4.78 is 10.5. The molecule has 2 aromatic rings. The van der Waals surface area contributed by atoms with Gasteiger partial charge >= 0.3 is 0 Å². The number of nitrogens with one attached hydrogen (secondary N) is 2. The van der Waals surface area contributed by atoms with Gasteiger partial charge in [-0.3, -0.25) is 9.59 Å². The monoisotopic (exact) mass is 369 g/mol. The molecule has 1 aliphatic rings. The summed E-state index contributed by atoms with van der Waals surface area (Å²) in [6.07, 6.45) is -0.00544. The van der Waals surface area contributed by atoms with Crippen LogP contribution in [0.15, 0.2) is 41.5 Å². The van der Waals surface area contributed by atoms with Crippen molar-refractivity contribution in [2.75, 3.05) is 12.1 Å². The second-order valence-electron chi connectivity index (χ2n) is 6.05. The molecule has 0 saturated carbocycles. The summed E-state index contributed by atoms with van der Waals surface area (Å²) in [7, 11) is 0. The van der Waals surface area contributed by atoms with Crippen LogP contribution in [0.25, 0.3) is 0 Å². The highest BCUT2D eigenvalue weighted by molar-refractivity contribution is 6.06. The summed E-state index contributed by atoms with van der Waals surface area (Å²) in [6, 6.07) is 9.96. The van der Waals surface area contributed by atoms with Crippen molar-refractivity contribution in [2.24, 2.45) is 5.10 Å². The van der Waals surface area contributed by atoms with E-state index in [2.05, 4.69) is 15.8 Å². The van der Waals surface area contributed by atoms with E-state index >= 15 is 0 Å². The predicted octanol–water partition coefficient (Wildman–Crippen LogP) is 2.56. The molecule has 0 unspecified atom stereocenters. The summed E-state index contributed by atoms with van der Waals surface area (Å²) in [5.41, 5.74) is 4.04.